The van der Waals surface area contributed by atoms with E-state index in [1.807, 2.05) is 6.92 Å². The van der Waals surface area contributed by atoms with Gasteiger partial charge in [-0.15, -0.1) is 0 Å². The molecule has 0 spiro atoms. The lowest BCUT2D eigenvalue weighted by molar-refractivity contribution is 0.387. The predicted octanol–water partition coefficient (Wildman–Crippen LogP) is 2.94. The van der Waals surface area contributed by atoms with Crippen LogP contribution in [0.2, 0.25) is 0 Å². The van der Waals surface area contributed by atoms with E-state index >= 15 is 0 Å². The van der Waals surface area contributed by atoms with Crippen LogP contribution in [0.5, 0.6) is 5.75 Å². The van der Waals surface area contributed by atoms with Crippen LogP contribution in [0.1, 0.15) is 5.56 Å². The van der Waals surface area contributed by atoms with Crippen molar-refractivity contribution < 1.29 is 17.5 Å². The number of rotatable bonds is 4. The third-order valence-corrected chi connectivity index (χ3v) is 4.13. The molecule has 0 amide bonds. The maximum atomic E-state index is 13.3. The lowest BCUT2D eigenvalue weighted by Gasteiger charge is -2.10. The molecule has 0 saturated heterocycles. The summed E-state index contributed by atoms with van der Waals surface area (Å²) in [5.41, 5.74) is 1.20. The van der Waals surface area contributed by atoms with E-state index in [9.17, 15) is 12.8 Å². The van der Waals surface area contributed by atoms with Crippen LogP contribution in [0.3, 0.4) is 0 Å². The molecule has 2 aromatic rings. The minimum absolute atomic E-state index is 0.0193. The van der Waals surface area contributed by atoms with Crippen molar-refractivity contribution in [3.63, 3.8) is 0 Å². The van der Waals surface area contributed by atoms with Gasteiger partial charge in [0.1, 0.15) is 0 Å². The van der Waals surface area contributed by atoms with Crippen LogP contribution in [-0.2, 0) is 10.0 Å². The third-order valence-electron chi connectivity index (χ3n) is 2.73. The average Bonchev–Trinajstić information content (AvgIpc) is 2.41. The topological polar surface area (TPSA) is 55.4 Å². The molecule has 0 bridgehead atoms. The highest BCUT2D eigenvalue weighted by Crippen LogP contribution is 2.23. The summed E-state index contributed by atoms with van der Waals surface area (Å²) < 4.78 is 44.8. The standard InChI is InChI=1S/C14H14FNO3S/c1-10-3-6-12(7-4-10)20(17,18)16-11-5-8-13(15)14(9-11)19-2/h3-9,16H,1-2H3. The number of ether oxygens (including phenoxy) is 1. The highest BCUT2D eigenvalue weighted by atomic mass is 32.2. The molecule has 0 heterocycles. The molecule has 0 fully saturated rings. The minimum atomic E-state index is -3.70. The van der Waals surface area contributed by atoms with Gasteiger partial charge in [0.15, 0.2) is 11.6 Å². The fourth-order valence-corrected chi connectivity index (χ4v) is 2.70. The lowest BCUT2D eigenvalue weighted by Crippen LogP contribution is -2.13. The molecule has 2 aromatic carbocycles. The number of nitrogens with one attached hydrogen (secondary N) is 1. The lowest BCUT2D eigenvalue weighted by atomic mass is 10.2. The van der Waals surface area contributed by atoms with E-state index in [1.54, 1.807) is 12.1 Å². The monoisotopic (exact) mass is 295 g/mol. The second kappa shape index (κ2) is 5.50. The molecule has 0 aliphatic carbocycles. The van der Waals surface area contributed by atoms with Crippen LogP contribution in [0, 0.1) is 12.7 Å². The summed E-state index contributed by atoms with van der Waals surface area (Å²) in [5, 5.41) is 0. The first-order valence-electron chi connectivity index (χ1n) is 5.85. The fourth-order valence-electron chi connectivity index (χ4n) is 1.65. The summed E-state index contributed by atoms with van der Waals surface area (Å²) in [7, 11) is -2.38. The molecule has 0 aliphatic rings. The molecule has 1 N–H and O–H groups in total. The summed E-state index contributed by atoms with van der Waals surface area (Å²) >= 11 is 0. The van der Waals surface area contributed by atoms with Gasteiger partial charge in [-0.3, -0.25) is 4.72 Å². The van der Waals surface area contributed by atoms with Gasteiger partial charge in [0.25, 0.3) is 10.0 Å². The molecule has 0 aliphatic heterocycles. The average molecular weight is 295 g/mol. The maximum Gasteiger partial charge on any atom is 0.261 e. The largest absolute Gasteiger partial charge is 0.494 e. The van der Waals surface area contributed by atoms with Gasteiger partial charge in [-0.2, -0.15) is 0 Å². The van der Waals surface area contributed by atoms with Crippen molar-refractivity contribution in [1.82, 2.24) is 0 Å². The smallest absolute Gasteiger partial charge is 0.261 e. The van der Waals surface area contributed by atoms with E-state index in [1.165, 1.54) is 31.4 Å². The van der Waals surface area contributed by atoms with Gasteiger partial charge in [0.05, 0.1) is 17.7 Å². The Hall–Kier alpha value is -2.08. The van der Waals surface area contributed by atoms with Crippen molar-refractivity contribution in [2.24, 2.45) is 0 Å². The van der Waals surface area contributed by atoms with Gasteiger partial charge in [0, 0.05) is 6.07 Å². The van der Waals surface area contributed by atoms with Crippen LogP contribution in [0.15, 0.2) is 47.4 Å². The predicted molar refractivity (Wildman–Crippen MR) is 74.9 cm³/mol. The van der Waals surface area contributed by atoms with Crippen molar-refractivity contribution in [3.05, 3.63) is 53.8 Å². The van der Waals surface area contributed by atoms with Crippen molar-refractivity contribution in [2.75, 3.05) is 11.8 Å². The van der Waals surface area contributed by atoms with E-state index in [4.69, 9.17) is 4.74 Å². The van der Waals surface area contributed by atoms with E-state index in [2.05, 4.69) is 4.72 Å². The zero-order valence-electron chi connectivity index (χ0n) is 11.1. The molecule has 0 aromatic heterocycles. The molecule has 20 heavy (non-hydrogen) atoms. The Balaban J connectivity index is 2.30. The van der Waals surface area contributed by atoms with Crippen LogP contribution in [0.4, 0.5) is 10.1 Å². The number of aryl methyl sites for hydroxylation is 1. The summed E-state index contributed by atoms with van der Waals surface area (Å²) in [6.45, 7) is 1.87. The summed E-state index contributed by atoms with van der Waals surface area (Å²) in [6, 6.07) is 10.2. The SMILES string of the molecule is COc1cc(NS(=O)(=O)c2ccc(C)cc2)ccc1F. The molecule has 0 radical (unpaired) electrons. The van der Waals surface area contributed by atoms with Crippen LogP contribution in [0.25, 0.3) is 0 Å². The molecule has 4 nitrogen and oxygen atoms in total. The van der Waals surface area contributed by atoms with Crippen molar-refractivity contribution >= 4 is 15.7 Å². The Labute approximate surface area is 117 Å². The highest BCUT2D eigenvalue weighted by molar-refractivity contribution is 7.92. The van der Waals surface area contributed by atoms with Gasteiger partial charge in [-0.25, -0.2) is 12.8 Å². The molecule has 0 saturated carbocycles. The van der Waals surface area contributed by atoms with Crippen LogP contribution >= 0.6 is 0 Å². The minimum Gasteiger partial charge on any atom is -0.494 e. The second-order valence-electron chi connectivity index (χ2n) is 4.27. The second-order valence-corrected chi connectivity index (χ2v) is 5.95. The molecule has 0 unspecified atom stereocenters. The Kier molecular flexibility index (Phi) is 3.94. The number of anilines is 1. The first kappa shape index (κ1) is 14.3. The van der Waals surface area contributed by atoms with Gasteiger partial charge >= 0.3 is 0 Å². The summed E-state index contributed by atoms with van der Waals surface area (Å²) in [5.74, 6) is -0.570. The van der Waals surface area contributed by atoms with Gasteiger partial charge in [0.2, 0.25) is 0 Å². The number of halogens is 1. The van der Waals surface area contributed by atoms with E-state index in [0.717, 1.165) is 11.6 Å². The highest BCUT2D eigenvalue weighted by Gasteiger charge is 2.14. The van der Waals surface area contributed by atoms with Crippen LogP contribution in [-0.4, -0.2) is 15.5 Å². The first-order valence-corrected chi connectivity index (χ1v) is 7.34. The fraction of sp³-hybridized carbons (Fsp3) is 0.143. The molecular weight excluding hydrogens is 281 g/mol. The molecule has 2 rings (SSSR count). The third kappa shape index (κ3) is 3.08. The molecular formula is C14H14FNO3S. The van der Waals surface area contributed by atoms with Gasteiger partial charge in [-0.1, -0.05) is 17.7 Å². The molecule has 106 valence electrons. The van der Waals surface area contributed by atoms with Gasteiger partial charge in [-0.05, 0) is 31.2 Å². The van der Waals surface area contributed by atoms with Crippen molar-refractivity contribution in [2.45, 2.75) is 11.8 Å². The van der Waals surface area contributed by atoms with E-state index < -0.39 is 15.8 Å². The quantitative estimate of drug-likeness (QED) is 0.943. The van der Waals surface area contributed by atoms with Crippen molar-refractivity contribution in [3.8, 4) is 5.75 Å². The normalized spacial score (nSPS) is 11.2. The zero-order valence-corrected chi connectivity index (χ0v) is 11.9. The van der Waals surface area contributed by atoms with Crippen molar-refractivity contribution in [1.29, 1.82) is 0 Å². The summed E-state index contributed by atoms with van der Waals surface area (Å²) in [4.78, 5) is 0.145. The Morgan fingerprint density at radius 1 is 1.10 bits per heavy atom. The van der Waals surface area contributed by atoms with E-state index in [0.29, 0.717) is 0 Å². The van der Waals surface area contributed by atoms with Gasteiger partial charge < -0.3 is 4.74 Å². The number of methoxy groups -OCH3 is 1. The number of hydrogen-bond acceptors (Lipinski definition) is 3. The first-order chi connectivity index (χ1) is 9.42. The Morgan fingerprint density at radius 3 is 2.35 bits per heavy atom. The Morgan fingerprint density at radius 2 is 1.75 bits per heavy atom. The molecule has 6 heteroatoms. The molecule has 0 atom stereocenters. The number of hydrogen-bond donors (Lipinski definition) is 1. The maximum absolute atomic E-state index is 13.3. The van der Waals surface area contributed by atoms with E-state index in [-0.39, 0.29) is 16.3 Å². The summed E-state index contributed by atoms with van der Waals surface area (Å²) in [6.07, 6.45) is 0. The number of benzene rings is 2. The Bertz CT molecular complexity index is 712. The zero-order chi connectivity index (χ0) is 14.8. The number of sulfonamides is 1. The van der Waals surface area contributed by atoms with Crippen LogP contribution < -0.4 is 9.46 Å².